The van der Waals surface area contributed by atoms with Crippen LogP contribution in [-0.4, -0.2) is 35.8 Å². The maximum absolute atomic E-state index is 12.8. The predicted octanol–water partition coefficient (Wildman–Crippen LogP) is 5.43. The van der Waals surface area contributed by atoms with Crippen LogP contribution in [0.5, 0.6) is 0 Å². The van der Waals surface area contributed by atoms with Crippen LogP contribution in [0, 0.1) is 11.3 Å². The van der Waals surface area contributed by atoms with Crippen molar-refractivity contribution in [3.05, 3.63) is 59.9 Å². The molecule has 1 amide bonds. The molecule has 2 fully saturated rings. The Morgan fingerprint density at radius 1 is 1.03 bits per heavy atom. The van der Waals surface area contributed by atoms with Crippen LogP contribution >= 0.6 is 0 Å². The first-order valence-electron chi connectivity index (χ1n) is 14.2. The van der Waals surface area contributed by atoms with Crippen molar-refractivity contribution in [1.82, 2.24) is 10.3 Å². The van der Waals surface area contributed by atoms with Gasteiger partial charge >= 0.3 is 5.97 Å². The summed E-state index contributed by atoms with van der Waals surface area (Å²) in [6.07, 6.45) is 13.9. The Labute approximate surface area is 230 Å². The molecule has 0 radical (unpaired) electrons. The van der Waals surface area contributed by atoms with E-state index in [9.17, 15) is 14.4 Å². The molecule has 1 heterocycles. The summed E-state index contributed by atoms with van der Waals surface area (Å²) in [7, 11) is 1.39. The van der Waals surface area contributed by atoms with Gasteiger partial charge in [-0.05, 0) is 55.5 Å². The number of hydrogen-bond acceptors (Lipinski definition) is 7. The molecule has 2 aromatic rings. The van der Waals surface area contributed by atoms with E-state index < -0.39 is 11.5 Å². The lowest BCUT2D eigenvalue weighted by Gasteiger charge is -2.44. The third-order valence-corrected chi connectivity index (χ3v) is 8.48. The van der Waals surface area contributed by atoms with E-state index in [0.717, 1.165) is 74.7 Å². The molecule has 3 aliphatic rings. The summed E-state index contributed by atoms with van der Waals surface area (Å²) in [6.45, 7) is 0. The molecule has 2 saturated carbocycles. The largest absolute Gasteiger partial charge is 0.467 e. The van der Waals surface area contributed by atoms with E-state index in [-0.39, 0.29) is 23.6 Å². The summed E-state index contributed by atoms with van der Waals surface area (Å²) in [5.74, 6) is 0.524. The number of benzene rings is 1. The number of hydrogen-bond donors (Lipinski definition) is 3. The van der Waals surface area contributed by atoms with Crippen LogP contribution in [0.15, 0.2) is 54.4 Å². The van der Waals surface area contributed by atoms with E-state index in [4.69, 9.17) is 4.74 Å². The van der Waals surface area contributed by atoms with Gasteiger partial charge in [0.05, 0.1) is 18.2 Å². The lowest BCUT2D eigenvalue weighted by Crippen LogP contribution is -2.52. The number of nitrogens with zero attached hydrogens (tertiary/aromatic N) is 1. The third kappa shape index (κ3) is 6.00. The number of ketones is 1. The fraction of sp³-hybridized carbons (Fsp3) is 0.484. The van der Waals surface area contributed by atoms with Gasteiger partial charge in [0.15, 0.2) is 11.6 Å². The number of ether oxygens (including phenoxy) is 1. The number of pyridine rings is 1. The van der Waals surface area contributed by atoms with Gasteiger partial charge in [0.25, 0.3) is 0 Å². The predicted molar refractivity (Wildman–Crippen MR) is 150 cm³/mol. The van der Waals surface area contributed by atoms with Gasteiger partial charge < -0.3 is 20.7 Å². The second-order valence-electron chi connectivity index (χ2n) is 11.0. The van der Waals surface area contributed by atoms with Crippen molar-refractivity contribution >= 4 is 34.9 Å². The highest BCUT2D eigenvalue weighted by Gasteiger charge is 2.49. The van der Waals surface area contributed by atoms with E-state index in [0.29, 0.717) is 17.9 Å². The number of methoxy groups -OCH3 is 1. The number of rotatable bonds is 9. The highest BCUT2D eigenvalue weighted by Crippen LogP contribution is 2.48. The summed E-state index contributed by atoms with van der Waals surface area (Å²) in [5, 5.41) is 9.72. The third-order valence-electron chi connectivity index (χ3n) is 8.48. The first kappa shape index (κ1) is 26.9. The number of anilines is 3. The zero-order valence-corrected chi connectivity index (χ0v) is 22.6. The minimum Gasteiger partial charge on any atom is -0.467 e. The van der Waals surface area contributed by atoms with E-state index in [1.165, 1.54) is 13.5 Å². The molecule has 8 heteroatoms. The minimum atomic E-state index is -0.579. The molecule has 1 atom stereocenters. The van der Waals surface area contributed by atoms with E-state index in [1.807, 2.05) is 36.4 Å². The fourth-order valence-electron chi connectivity index (χ4n) is 6.14. The van der Waals surface area contributed by atoms with Crippen molar-refractivity contribution in [3.8, 4) is 0 Å². The molecule has 0 aliphatic heterocycles. The molecule has 3 N–H and O–H groups in total. The SMILES string of the molecule is COC(=O)[C@H](Cc1ccc(Nc2ncccc2NC(=O)C2CCCCC2)cc1)NC1=CC(=O)C12CCCCC2. The maximum Gasteiger partial charge on any atom is 0.328 e. The Hall–Kier alpha value is -3.68. The minimum absolute atomic E-state index is 0.0562. The Morgan fingerprint density at radius 2 is 1.74 bits per heavy atom. The second-order valence-corrected chi connectivity index (χ2v) is 11.0. The summed E-state index contributed by atoms with van der Waals surface area (Å²) in [5.41, 5.74) is 2.87. The van der Waals surface area contributed by atoms with E-state index in [1.54, 1.807) is 12.3 Å². The highest BCUT2D eigenvalue weighted by molar-refractivity contribution is 6.05. The standard InChI is InChI=1S/C31H38N4O4/c1-39-30(38)25(34-26-20-27(36)31(26)16-6-3-7-17-31)19-21-12-14-23(15-13-21)33-28-24(11-8-18-32-28)35-29(37)22-9-4-2-5-10-22/h8,11-15,18,20,22,25,34H,2-7,9-10,16-17,19H2,1H3,(H,32,33)(H,35,37)/t25-/m0/s1. The number of nitrogens with one attached hydrogen (secondary N) is 3. The van der Waals surface area contributed by atoms with Gasteiger partial charge in [-0.3, -0.25) is 9.59 Å². The van der Waals surface area contributed by atoms with Crippen molar-refractivity contribution in [1.29, 1.82) is 0 Å². The van der Waals surface area contributed by atoms with Gasteiger partial charge in [-0.25, -0.2) is 9.78 Å². The van der Waals surface area contributed by atoms with Gasteiger partial charge in [-0.2, -0.15) is 0 Å². The molecule has 1 aromatic carbocycles. The van der Waals surface area contributed by atoms with Crippen molar-refractivity contribution in [2.75, 3.05) is 17.7 Å². The van der Waals surface area contributed by atoms with Gasteiger partial charge in [0.2, 0.25) is 5.91 Å². The van der Waals surface area contributed by atoms with Crippen molar-refractivity contribution in [2.45, 2.75) is 76.7 Å². The van der Waals surface area contributed by atoms with Crippen LogP contribution in [-0.2, 0) is 25.5 Å². The normalized spacial score (nSPS) is 19.4. The van der Waals surface area contributed by atoms with Gasteiger partial charge in [0, 0.05) is 36.0 Å². The smallest absolute Gasteiger partial charge is 0.328 e. The molecule has 0 bridgehead atoms. The van der Waals surface area contributed by atoms with Crippen LogP contribution in [0.1, 0.15) is 69.8 Å². The van der Waals surface area contributed by atoms with Gasteiger partial charge in [-0.15, -0.1) is 0 Å². The molecule has 206 valence electrons. The van der Waals surface area contributed by atoms with Gasteiger partial charge in [-0.1, -0.05) is 50.7 Å². The molecule has 0 unspecified atom stereocenters. The van der Waals surface area contributed by atoms with Crippen LogP contribution in [0.3, 0.4) is 0 Å². The van der Waals surface area contributed by atoms with Crippen LogP contribution in [0.4, 0.5) is 17.2 Å². The number of amides is 1. The average Bonchev–Trinajstić information content (AvgIpc) is 2.98. The molecule has 5 rings (SSSR count). The molecule has 3 aliphatic carbocycles. The zero-order valence-electron chi connectivity index (χ0n) is 22.6. The van der Waals surface area contributed by atoms with Crippen molar-refractivity contribution in [2.24, 2.45) is 11.3 Å². The summed E-state index contributed by atoms with van der Waals surface area (Å²) in [6, 6.07) is 10.9. The summed E-state index contributed by atoms with van der Waals surface area (Å²) in [4.78, 5) is 42.3. The topological polar surface area (TPSA) is 109 Å². The molecule has 39 heavy (non-hydrogen) atoms. The molecule has 1 aromatic heterocycles. The Bertz CT molecular complexity index is 1230. The number of aromatic nitrogens is 1. The van der Waals surface area contributed by atoms with Crippen molar-refractivity contribution in [3.63, 3.8) is 0 Å². The first-order chi connectivity index (χ1) is 19.0. The summed E-state index contributed by atoms with van der Waals surface area (Å²) < 4.78 is 5.08. The molecular weight excluding hydrogens is 492 g/mol. The second kappa shape index (κ2) is 12.0. The van der Waals surface area contributed by atoms with Gasteiger partial charge in [0.1, 0.15) is 6.04 Å². The molecule has 1 spiro atoms. The quantitative estimate of drug-likeness (QED) is 0.371. The number of allylic oxidation sites excluding steroid dienone is 2. The highest BCUT2D eigenvalue weighted by atomic mass is 16.5. The molecular formula is C31H38N4O4. The van der Waals surface area contributed by atoms with Crippen LogP contribution < -0.4 is 16.0 Å². The van der Waals surface area contributed by atoms with Crippen LogP contribution in [0.2, 0.25) is 0 Å². The Morgan fingerprint density at radius 3 is 2.44 bits per heavy atom. The number of carbonyl (C=O) groups excluding carboxylic acids is 3. The van der Waals surface area contributed by atoms with E-state index >= 15 is 0 Å². The molecule has 0 saturated heterocycles. The molecule has 8 nitrogen and oxygen atoms in total. The van der Waals surface area contributed by atoms with Crippen molar-refractivity contribution < 1.29 is 19.1 Å². The average molecular weight is 531 g/mol. The zero-order chi connectivity index (χ0) is 27.2. The Kier molecular flexibility index (Phi) is 8.29. The Balaban J connectivity index is 1.23. The monoisotopic (exact) mass is 530 g/mol. The lowest BCUT2D eigenvalue weighted by molar-refractivity contribution is -0.143. The number of esters is 1. The van der Waals surface area contributed by atoms with E-state index in [2.05, 4.69) is 20.9 Å². The first-order valence-corrected chi connectivity index (χ1v) is 14.2. The summed E-state index contributed by atoms with van der Waals surface area (Å²) >= 11 is 0. The number of carbonyl (C=O) groups is 3. The fourth-order valence-corrected chi connectivity index (χ4v) is 6.14. The van der Waals surface area contributed by atoms with Crippen LogP contribution in [0.25, 0.3) is 0 Å². The maximum atomic E-state index is 12.8. The lowest BCUT2D eigenvalue weighted by atomic mass is 9.62.